The van der Waals surface area contributed by atoms with Crippen LogP contribution in [-0.4, -0.2) is 9.97 Å². The second-order valence-electron chi connectivity index (χ2n) is 4.93. The molecule has 0 radical (unpaired) electrons. The number of aromatic amines is 1. The van der Waals surface area contributed by atoms with Gasteiger partial charge in [-0.2, -0.15) is 13.2 Å². The van der Waals surface area contributed by atoms with Crippen molar-refractivity contribution in [1.82, 2.24) is 9.97 Å². The summed E-state index contributed by atoms with van der Waals surface area (Å²) in [5, 5.41) is 0. The summed E-state index contributed by atoms with van der Waals surface area (Å²) in [5.41, 5.74) is -0.678. The highest BCUT2D eigenvalue weighted by molar-refractivity contribution is 14.1. The molecule has 0 atom stereocenters. The predicted octanol–water partition coefficient (Wildman–Crippen LogP) is 3.94. The molecule has 7 heteroatoms. The highest BCUT2D eigenvalue weighted by Gasteiger charge is 2.35. The fourth-order valence-electron chi connectivity index (χ4n) is 2.17. The zero-order valence-electron chi connectivity index (χ0n) is 10.7. The average Bonchev–Trinajstić information content (AvgIpc) is 3.25. The lowest BCUT2D eigenvalue weighted by Gasteiger charge is -2.13. The van der Waals surface area contributed by atoms with E-state index in [9.17, 15) is 18.0 Å². The van der Waals surface area contributed by atoms with Gasteiger partial charge in [0.15, 0.2) is 0 Å². The van der Waals surface area contributed by atoms with E-state index in [0.29, 0.717) is 9.26 Å². The largest absolute Gasteiger partial charge is 0.417 e. The van der Waals surface area contributed by atoms with Crippen molar-refractivity contribution in [2.24, 2.45) is 0 Å². The van der Waals surface area contributed by atoms with E-state index in [0.717, 1.165) is 18.9 Å². The quantitative estimate of drug-likeness (QED) is 0.769. The molecule has 0 saturated heterocycles. The Balaban J connectivity index is 2.20. The number of rotatable bonds is 2. The Morgan fingerprint density at radius 3 is 2.52 bits per heavy atom. The maximum atomic E-state index is 13.1. The van der Waals surface area contributed by atoms with Crippen LogP contribution in [0.2, 0.25) is 0 Å². The first-order valence-corrected chi connectivity index (χ1v) is 7.42. The lowest BCUT2D eigenvalue weighted by atomic mass is 10.1. The molecule has 1 aromatic heterocycles. The van der Waals surface area contributed by atoms with Crippen LogP contribution in [-0.2, 0) is 6.18 Å². The van der Waals surface area contributed by atoms with E-state index in [2.05, 4.69) is 9.97 Å². The molecule has 1 fully saturated rings. The standard InChI is InChI=1S/C14H10F3IN2O/c15-14(16,17)9-4-2-1-3-8(9)12-19-11(7-5-6-7)10(18)13(21)20-12/h1-4,7H,5-6H2,(H,19,20,21). The fraction of sp³-hybridized carbons (Fsp3) is 0.286. The molecule has 1 N–H and O–H groups in total. The third-order valence-corrected chi connectivity index (χ3v) is 4.38. The number of aromatic nitrogens is 2. The van der Waals surface area contributed by atoms with Crippen molar-refractivity contribution in [3.8, 4) is 11.4 Å². The van der Waals surface area contributed by atoms with Gasteiger partial charge in [-0.1, -0.05) is 18.2 Å². The summed E-state index contributed by atoms with van der Waals surface area (Å²) in [6, 6.07) is 5.13. The van der Waals surface area contributed by atoms with Gasteiger partial charge in [-0.3, -0.25) is 4.79 Å². The summed E-state index contributed by atoms with van der Waals surface area (Å²) in [6.45, 7) is 0. The van der Waals surface area contributed by atoms with Gasteiger partial charge in [0.05, 0.1) is 14.8 Å². The maximum absolute atomic E-state index is 13.1. The minimum atomic E-state index is -4.49. The second kappa shape index (κ2) is 5.11. The summed E-state index contributed by atoms with van der Waals surface area (Å²) in [7, 11) is 0. The molecule has 1 aliphatic rings. The van der Waals surface area contributed by atoms with E-state index in [1.807, 2.05) is 22.6 Å². The van der Waals surface area contributed by atoms with Gasteiger partial charge in [0.25, 0.3) is 5.56 Å². The molecule has 2 aromatic rings. The molecule has 1 aliphatic carbocycles. The maximum Gasteiger partial charge on any atom is 0.417 e. The summed E-state index contributed by atoms with van der Waals surface area (Å²) in [5.74, 6) is 0.172. The van der Waals surface area contributed by atoms with Gasteiger partial charge in [-0.25, -0.2) is 4.98 Å². The van der Waals surface area contributed by atoms with Crippen molar-refractivity contribution < 1.29 is 13.2 Å². The molecule has 1 aromatic carbocycles. The highest BCUT2D eigenvalue weighted by atomic mass is 127. The van der Waals surface area contributed by atoms with Gasteiger partial charge >= 0.3 is 6.18 Å². The lowest BCUT2D eigenvalue weighted by Crippen LogP contribution is -2.17. The van der Waals surface area contributed by atoms with Crippen molar-refractivity contribution in [2.75, 3.05) is 0 Å². The Hall–Kier alpha value is -1.38. The van der Waals surface area contributed by atoms with Crippen LogP contribution in [0.25, 0.3) is 11.4 Å². The molecular weight excluding hydrogens is 396 g/mol. The summed E-state index contributed by atoms with van der Waals surface area (Å²) < 4.78 is 39.7. The van der Waals surface area contributed by atoms with Crippen LogP contribution in [0.5, 0.6) is 0 Å². The second-order valence-corrected chi connectivity index (χ2v) is 6.01. The number of benzene rings is 1. The van der Waals surface area contributed by atoms with Gasteiger partial charge in [-0.15, -0.1) is 0 Å². The molecule has 3 nitrogen and oxygen atoms in total. The first kappa shape index (κ1) is 14.6. The third-order valence-electron chi connectivity index (χ3n) is 3.34. The summed E-state index contributed by atoms with van der Waals surface area (Å²) in [4.78, 5) is 18.7. The number of hydrogen-bond donors (Lipinski definition) is 1. The molecule has 0 unspecified atom stereocenters. The molecule has 1 heterocycles. The van der Waals surface area contributed by atoms with E-state index in [1.54, 1.807) is 0 Å². The topological polar surface area (TPSA) is 45.8 Å². The molecule has 0 bridgehead atoms. The molecule has 1 saturated carbocycles. The van der Waals surface area contributed by atoms with Gasteiger partial charge in [0.2, 0.25) is 0 Å². The molecule has 3 rings (SSSR count). The van der Waals surface area contributed by atoms with Crippen molar-refractivity contribution in [3.05, 3.63) is 49.4 Å². The van der Waals surface area contributed by atoms with Crippen molar-refractivity contribution in [2.45, 2.75) is 24.9 Å². The Morgan fingerprint density at radius 2 is 1.90 bits per heavy atom. The van der Waals surface area contributed by atoms with E-state index in [-0.39, 0.29) is 22.9 Å². The first-order valence-electron chi connectivity index (χ1n) is 6.34. The first-order chi connectivity index (χ1) is 9.88. The predicted molar refractivity (Wildman–Crippen MR) is 80.0 cm³/mol. The molecule has 110 valence electrons. The number of nitrogens with zero attached hydrogens (tertiary/aromatic N) is 1. The number of nitrogens with one attached hydrogen (secondary N) is 1. The van der Waals surface area contributed by atoms with Gasteiger partial charge in [0, 0.05) is 11.5 Å². The molecule has 21 heavy (non-hydrogen) atoms. The average molecular weight is 406 g/mol. The monoisotopic (exact) mass is 406 g/mol. The Labute approximate surface area is 131 Å². The van der Waals surface area contributed by atoms with Crippen molar-refractivity contribution >= 4 is 22.6 Å². The smallest absolute Gasteiger partial charge is 0.306 e. The van der Waals surface area contributed by atoms with E-state index in [1.165, 1.54) is 18.2 Å². The number of H-pyrrole nitrogens is 1. The van der Waals surface area contributed by atoms with Crippen LogP contribution < -0.4 is 5.56 Å². The van der Waals surface area contributed by atoms with Crippen LogP contribution in [0.3, 0.4) is 0 Å². The Morgan fingerprint density at radius 1 is 1.24 bits per heavy atom. The summed E-state index contributed by atoms with van der Waals surface area (Å²) in [6.07, 6.45) is -2.64. The van der Waals surface area contributed by atoms with Crippen LogP contribution in [0.15, 0.2) is 29.1 Å². The minimum absolute atomic E-state index is 0.0183. The van der Waals surface area contributed by atoms with E-state index < -0.39 is 11.7 Å². The van der Waals surface area contributed by atoms with Crippen LogP contribution in [0, 0.1) is 3.57 Å². The molecular formula is C14H10F3IN2O. The van der Waals surface area contributed by atoms with Crippen molar-refractivity contribution in [1.29, 1.82) is 0 Å². The number of hydrogen-bond acceptors (Lipinski definition) is 2. The SMILES string of the molecule is O=c1[nH]c(-c2ccccc2C(F)(F)F)nc(C2CC2)c1I. The third kappa shape index (κ3) is 2.83. The zero-order valence-corrected chi connectivity index (χ0v) is 12.8. The van der Waals surface area contributed by atoms with Gasteiger partial charge in [0.1, 0.15) is 5.82 Å². The zero-order chi connectivity index (χ0) is 15.2. The number of alkyl halides is 3. The minimum Gasteiger partial charge on any atom is -0.306 e. The highest BCUT2D eigenvalue weighted by Crippen LogP contribution is 2.41. The molecule has 0 spiro atoms. The lowest BCUT2D eigenvalue weighted by molar-refractivity contribution is -0.137. The normalized spacial score (nSPS) is 15.2. The van der Waals surface area contributed by atoms with E-state index in [4.69, 9.17) is 0 Å². The van der Waals surface area contributed by atoms with Crippen LogP contribution >= 0.6 is 22.6 Å². The molecule has 0 amide bonds. The summed E-state index contributed by atoms with van der Waals surface area (Å²) >= 11 is 1.89. The van der Waals surface area contributed by atoms with Crippen LogP contribution in [0.1, 0.15) is 30.0 Å². The fourth-order valence-corrected chi connectivity index (χ4v) is 2.86. The van der Waals surface area contributed by atoms with Gasteiger partial charge in [-0.05, 0) is 41.5 Å². The Bertz CT molecular complexity index is 751. The van der Waals surface area contributed by atoms with Crippen molar-refractivity contribution in [3.63, 3.8) is 0 Å². The Kier molecular flexibility index (Phi) is 3.54. The number of halogens is 4. The van der Waals surface area contributed by atoms with Crippen LogP contribution in [0.4, 0.5) is 13.2 Å². The molecule has 0 aliphatic heterocycles. The van der Waals surface area contributed by atoms with E-state index >= 15 is 0 Å². The van der Waals surface area contributed by atoms with Gasteiger partial charge < -0.3 is 4.98 Å².